The molecule has 0 bridgehead atoms. The molecule has 0 aromatic carbocycles. The van der Waals surface area contributed by atoms with Crippen LogP contribution in [0.2, 0.25) is 0 Å². The summed E-state index contributed by atoms with van der Waals surface area (Å²) in [6, 6.07) is 0. The molecule has 0 aromatic rings. The van der Waals surface area contributed by atoms with Crippen LogP contribution in [0, 0.1) is 0 Å². The van der Waals surface area contributed by atoms with Gasteiger partial charge in [0, 0.05) is 10.1 Å². The molecule has 9 heavy (non-hydrogen) atoms. The molecule has 0 fully saturated rings. The highest BCUT2D eigenvalue weighted by Crippen LogP contribution is 2.13. The zero-order valence-electron chi connectivity index (χ0n) is 5.83. The maximum Gasteiger partial charge on any atom is 0.0403 e. The fourth-order valence-corrected chi connectivity index (χ4v) is 0.648. The fourth-order valence-electron chi connectivity index (χ4n) is 0.319. The molecule has 2 heteroatoms. The lowest BCUT2D eigenvalue weighted by atomic mass is 10.3. The van der Waals surface area contributed by atoms with E-state index in [1.54, 1.807) is 13.0 Å². The molecule has 0 saturated carbocycles. The summed E-state index contributed by atoms with van der Waals surface area (Å²) < 4.78 is 0. The summed E-state index contributed by atoms with van der Waals surface area (Å²) in [6.07, 6.45) is 1.73. The predicted molar refractivity (Wildman–Crippen MR) is 43.8 cm³/mol. The molecule has 0 radical (unpaired) electrons. The molecular formula is C7H10Cl2. The first-order chi connectivity index (χ1) is 4.04. The minimum Gasteiger partial charge on any atom is -0.0894 e. The summed E-state index contributed by atoms with van der Waals surface area (Å²) in [5.74, 6) is 0. The molecule has 0 spiro atoms. The molecule has 0 N–H and O–H groups in total. The van der Waals surface area contributed by atoms with Crippen LogP contribution in [-0.2, 0) is 0 Å². The van der Waals surface area contributed by atoms with Crippen LogP contribution in [0.25, 0.3) is 0 Å². The van der Waals surface area contributed by atoms with Crippen molar-refractivity contribution in [3.63, 3.8) is 0 Å². The van der Waals surface area contributed by atoms with Crippen molar-refractivity contribution in [2.75, 3.05) is 0 Å². The summed E-state index contributed by atoms with van der Waals surface area (Å²) in [5.41, 5.74) is 1.08. The number of hydrogen-bond acceptors (Lipinski definition) is 0. The van der Waals surface area contributed by atoms with Crippen LogP contribution in [0.5, 0.6) is 0 Å². The molecule has 0 aliphatic heterocycles. The highest BCUT2D eigenvalue weighted by Gasteiger charge is 1.88. The number of rotatable bonds is 1. The van der Waals surface area contributed by atoms with Crippen molar-refractivity contribution in [3.05, 3.63) is 21.7 Å². The maximum absolute atomic E-state index is 5.73. The van der Waals surface area contributed by atoms with E-state index in [-0.39, 0.29) is 0 Å². The van der Waals surface area contributed by atoms with Crippen LogP contribution in [0.4, 0.5) is 0 Å². The Balaban J connectivity index is 4.25. The summed E-state index contributed by atoms with van der Waals surface area (Å²) in [4.78, 5) is 0. The van der Waals surface area contributed by atoms with E-state index in [1.165, 1.54) is 0 Å². The van der Waals surface area contributed by atoms with Gasteiger partial charge in [-0.25, -0.2) is 0 Å². The minimum atomic E-state index is 0.709. The SMILES string of the molecule is CC(C)=C(Cl)/C=C(\C)Cl. The minimum absolute atomic E-state index is 0.709. The molecule has 0 rings (SSSR count). The summed E-state index contributed by atoms with van der Waals surface area (Å²) >= 11 is 11.3. The second-order valence-electron chi connectivity index (χ2n) is 2.08. The first-order valence-corrected chi connectivity index (χ1v) is 3.46. The number of hydrogen-bond donors (Lipinski definition) is 0. The largest absolute Gasteiger partial charge is 0.0894 e. The van der Waals surface area contributed by atoms with Gasteiger partial charge in [0.1, 0.15) is 0 Å². The van der Waals surface area contributed by atoms with Crippen LogP contribution in [0.3, 0.4) is 0 Å². The molecule has 0 amide bonds. The summed E-state index contributed by atoms with van der Waals surface area (Å²) in [5, 5.41) is 1.43. The molecule has 0 unspecified atom stereocenters. The molecular weight excluding hydrogens is 155 g/mol. The average molecular weight is 165 g/mol. The first-order valence-electron chi connectivity index (χ1n) is 2.71. The Morgan fingerprint density at radius 1 is 1.11 bits per heavy atom. The van der Waals surface area contributed by atoms with E-state index in [9.17, 15) is 0 Å². The predicted octanol–water partition coefficient (Wildman–Crippen LogP) is 3.66. The Kier molecular flexibility index (Phi) is 4.00. The van der Waals surface area contributed by atoms with Gasteiger partial charge in [0.25, 0.3) is 0 Å². The molecule has 0 aliphatic rings. The van der Waals surface area contributed by atoms with Crippen molar-refractivity contribution in [2.45, 2.75) is 20.8 Å². The standard InChI is InChI=1S/C7H10Cl2/c1-5(2)7(9)4-6(3)8/h4H,1-3H3/b6-4+. The van der Waals surface area contributed by atoms with Gasteiger partial charge in [-0.2, -0.15) is 0 Å². The van der Waals surface area contributed by atoms with Gasteiger partial charge >= 0.3 is 0 Å². The van der Waals surface area contributed by atoms with E-state index in [4.69, 9.17) is 23.2 Å². The van der Waals surface area contributed by atoms with Gasteiger partial charge in [-0.3, -0.25) is 0 Å². The third-order valence-corrected chi connectivity index (χ3v) is 1.40. The molecule has 0 nitrogen and oxygen atoms in total. The highest BCUT2D eigenvalue weighted by atomic mass is 35.5. The summed E-state index contributed by atoms with van der Waals surface area (Å²) in [7, 11) is 0. The Labute approximate surface area is 66.2 Å². The molecule has 0 heterocycles. The highest BCUT2D eigenvalue weighted by molar-refractivity contribution is 6.34. The van der Waals surface area contributed by atoms with Crippen molar-refractivity contribution in [1.29, 1.82) is 0 Å². The van der Waals surface area contributed by atoms with Crippen molar-refractivity contribution >= 4 is 23.2 Å². The van der Waals surface area contributed by atoms with Gasteiger partial charge in [0.2, 0.25) is 0 Å². The van der Waals surface area contributed by atoms with Crippen LogP contribution in [0.15, 0.2) is 21.7 Å². The Hall–Kier alpha value is 0.0600. The lowest BCUT2D eigenvalue weighted by Crippen LogP contribution is -1.69. The van der Waals surface area contributed by atoms with Gasteiger partial charge in [-0.15, -0.1) is 0 Å². The second kappa shape index (κ2) is 3.97. The average Bonchev–Trinajstić information content (AvgIpc) is 1.63. The Morgan fingerprint density at radius 2 is 1.56 bits per heavy atom. The van der Waals surface area contributed by atoms with Crippen molar-refractivity contribution in [2.24, 2.45) is 0 Å². The van der Waals surface area contributed by atoms with E-state index in [2.05, 4.69) is 0 Å². The number of allylic oxidation sites excluding steroid dienone is 4. The van der Waals surface area contributed by atoms with Crippen LogP contribution >= 0.6 is 23.2 Å². The van der Waals surface area contributed by atoms with Gasteiger partial charge < -0.3 is 0 Å². The van der Waals surface area contributed by atoms with Crippen molar-refractivity contribution < 1.29 is 0 Å². The van der Waals surface area contributed by atoms with E-state index in [1.807, 2.05) is 13.8 Å². The number of halogens is 2. The van der Waals surface area contributed by atoms with Gasteiger partial charge in [-0.1, -0.05) is 28.8 Å². The molecule has 0 atom stereocenters. The zero-order valence-corrected chi connectivity index (χ0v) is 7.35. The molecule has 0 saturated heterocycles. The third kappa shape index (κ3) is 4.56. The quantitative estimate of drug-likeness (QED) is 0.520. The zero-order chi connectivity index (χ0) is 7.44. The normalized spacial score (nSPS) is 11.4. The molecule has 0 aromatic heterocycles. The Morgan fingerprint density at radius 3 is 1.67 bits per heavy atom. The molecule has 52 valence electrons. The van der Waals surface area contributed by atoms with Crippen LogP contribution < -0.4 is 0 Å². The lowest BCUT2D eigenvalue weighted by Gasteiger charge is -1.91. The third-order valence-electron chi connectivity index (χ3n) is 0.803. The van der Waals surface area contributed by atoms with E-state index in [0.717, 1.165) is 10.6 Å². The van der Waals surface area contributed by atoms with E-state index < -0.39 is 0 Å². The maximum atomic E-state index is 5.73. The van der Waals surface area contributed by atoms with Crippen LogP contribution in [-0.4, -0.2) is 0 Å². The van der Waals surface area contributed by atoms with Crippen LogP contribution in [0.1, 0.15) is 20.8 Å². The van der Waals surface area contributed by atoms with E-state index >= 15 is 0 Å². The molecule has 0 aliphatic carbocycles. The topological polar surface area (TPSA) is 0 Å². The fraction of sp³-hybridized carbons (Fsp3) is 0.429. The van der Waals surface area contributed by atoms with Crippen molar-refractivity contribution in [3.8, 4) is 0 Å². The Bertz CT molecular complexity index is 146. The first kappa shape index (κ1) is 9.06. The monoisotopic (exact) mass is 164 g/mol. The lowest BCUT2D eigenvalue weighted by molar-refractivity contribution is 1.37. The smallest absolute Gasteiger partial charge is 0.0403 e. The second-order valence-corrected chi connectivity index (χ2v) is 3.08. The van der Waals surface area contributed by atoms with Gasteiger partial charge in [0.05, 0.1) is 0 Å². The van der Waals surface area contributed by atoms with E-state index in [0.29, 0.717) is 5.03 Å². The van der Waals surface area contributed by atoms with Gasteiger partial charge in [-0.05, 0) is 26.8 Å². The van der Waals surface area contributed by atoms with Gasteiger partial charge in [0.15, 0.2) is 0 Å². The van der Waals surface area contributed by atoms with Crippen molar-refractivity contribution in [1.82, 2.24) is 0 Å². The summed E-state index contributed by atoms with van der Waals surface area (Å²) in [6.45, 7) is 5.68.